The summed E-state index contributed by atoms with van der Waals surface area (Å²) in [5.74, 6) is 0.720. The lowest BCUT2D eigenvalue weighted by molar-refractivity contribution is -0.128. The third kappa shape index (κ3) is 11.9. The molecule has 0 aromatic rings. The predicted molar refractivity (Wildman–Crippen MR) is 80.2 cm³/mol. The van der Waals surface area contributed by atoms with Crippen LogP contribution in [0.15, 0.2) is 0 Å². The number of ketones is 1. The fraction of sp³-hybridized carbons (Fsp3) is 0.875. The average molecular weight is 269 g/mol. The molecular formula is C16H31NO2. The van der Waals surface area contributed by atoms with Crippen molar-refractivity contribution in [3.63, 3.8) is 0 Å². The van der Waals surface area contributed by atoms with Crippen molar-refractivity contribution in [1.82, 2.24) is 4.90 Å². The van der Waals surface area contributed by atoms with Gasteiger partial charge in [-0.2, -0.15) is 0 Å². The molecule has 0 aromatic carbocycles. The van der Waals surface area contributed by atoms with Crippen LogP contribution in [0.1, 0.15) is 77.6 Å². The maximum atomic E-state index is 11.1. The lowest BCUT2D eigenvalue weighted by Gasteiger charge is -2.09. The molecule has 1 rings (SSSR count). The van der Waals surface area contributed by atoms with Crippen LogP contribution >= 0.6 is 0 Å². The highest BCUT2D eigenvalue weighted by molar-refractivity contribution is 5.78. The van der Waals surface area contributed by atoms with Gasteiger partial charge in [0.25, 0.3) is 0 Å². The van der Waals surface area contributed by atoms with Gasteiger partial charge in [-0.1, -0.05) is 39.0 Å². The Hall–Kier alpha value is -0.860. The Balaban J connectivity index is 0.000000388. The number of amides is 1. The van der Waals surface area contributed by atoms with E-state index in [4.69, 9.17) is 0 Å². The Kier molecular flexibility index (Phi) is 11.6. The monoisotopic (exact) mass is 269 g/mol. The van der Waals surface area contributed by atoms with Gasteiger partial charge in [0, 0.05) is 33.4 Å². The van der Waals surface area contributed by atoms with E-state index in [9.17, 15) is 9.59 Å². The first-order valence-electron chi connectivity index (χ1n) is 7.79. The average Bonchev–Trinajstić information content (AvgIpc) is 2.40. The SMILES string of the molecule is CCCCCCCC(=O)N(C)C.O=C1CCCCC1. The summed E-state index contributed by atoms with van der Waals surface area (Å²) in [5, 5.41) is 0. The van der Waals surface area contributed by atoms with E-state index in [0.29, 0.717) is 5.78 Å². The van der Waals surface area contributed by atoms with Crippen molar-refractivity contribution in [3.05, 3.63) is 0 Å². The van der Waals surface area contributed by atoms with Gasteiger partial charge in [-0.25, -0.2) is 0 Å². The zero-order valence-corrected chi connectivity index (χ0v) is 13.0. The fourth-order valence-electron chi connectivity index (χ4n) is 2.05. The van der Waals surface area contributed by atoms with E-state index in [1.165, 1.54) is 32.1 Å². The summed E-state index contributed by atoms with van der Waals surface area (Å²) in [6, 6.07) is 0. The molecule has 1 aliphatic rings. The molecule has 0 bridgehead atoms. The van der Waals surface area contributed by atoms with Crippen molar-refractivity contribution in [1.29, 1.82) is 0 Å². The Morgan fingerprint density at radius 2 is 1.58 bits per heavy atom. The van der Waals surface area contributed by atoms with Gasteiger partial charge >= 0.3 is 0 Å². The number of hydrogen-bond donors (Lipinski definition) is 0. The summed E-state index contributed by atoms with van der Waals surface area (Å²) in [6.45, 7) is 2.20. The van der Waals surface area contributed by atoms with Crippen molar-refractivity contribution in [2.24, 2.45) is 0 Å². The number of hydrogen-bond acceptors (Lipinski definition) is 2. The highest BCUT2D eigenvalue weighted by atomic mass is 16.2. The van der Waals surface area contributed by atoms with Crippen LogP contribution in [0, 0.1) is 0 Å². The first-order chi connectivity index (χ1) is 9.07. The van der Waals surface area contributed by atoms with E-state index >= 15 is 0 Å². The molecule has 1 saturated carbocycles. The van der Waals surface area contributed by atoms with E-state index < -0.39 is 0 Å². The fourth-order valence-corrected chi connectivity index (χ4v) is 2.05. The molecule has 112 valence electrons. The van der Waals surface area contributed by atoms with Crippen LogP contribution in [0.25, 0.3) is 0 Å². The second-order valence-corrected chi connectivity index (χ2v) is 5.55. The lowest BCUT2D eigenvalue weighted by Crippen LogP contribution is -2.20. The number of carbonyl (C=O) groups excluding carboxylic acids is 2. The Labute approximate surface area is 118 Å². The van der Waals surface area contributed by atoms with Crippen molar-refractivity contribution in [3.8, 4) is 0 Å². The minimum atomic E-state index is 0.256. The molecule has 1 aliphatic carbocycles. The zero-order valence-electron chi connectivity index (χ0n) is 13.0. The Bertz CT molecular complexity index is 241. The molecule has 0 spiro atoms. The molecule has 0 N–H and O–H groups in total. The summed E-state index contributed by atoms with van der Waals surface area (Å²) < 4.78 is 0. The molecule has 1 fully saturated rings. The Morgan fingerprint density at radius 1 is 1.00 bits per heavy atom. The van der Waals surface area contributed by atoms with Crippen LogP contribution in [0.2, 0.25) is 0 Å². The van der Waals surface area contributed by atoms with Gasteiger partial charge < -0.3 is 4.90 Å². The van der Waals surface area contributed by atoms with Gasteiger partial charge in [0.1, 0.15) is 5.78 Å². The number of Topliss-reactive ketones (excluding diaryl/α,β-unsaturated/α-hetero) is 1. The molecule has 0 aliphatic heterocycles. The highest BCUT2D eigenvalue weighted by Crippen LogP contribution is 2.12. The van der Waals surface area contributed by atoms with Crippen LogP contribution in [0.3, 0.4) is 0 Å². The molecule has 0 heterocycles. The second kappa shape index (κ2) is 12.2. The van der Waals surface area contributed by atoms with E-state index in [2.05, 4.69) is 6.92 Å². The molecule has 0 saturated heterocycles. The standard InChI is InChI=1S/C10H21NO.C6H10O/c1-4-5-6-7-8-9-10(12)11(2)3;7-6-4-2-1-3-5-6/h4-9H2,1-3H3;1-5H2. The third-order valence-electron chi connectivity index (χ3n) is 3.40. The van der Waals surface area contributed by atoms with E-state index in [1.54, 1.807) is 4.90 Å². The first kappa shape index (κ1) is 18.1. The van der Waals surface area contributed by atoms with Crippen molar-refractivity contribution < 1.29 is 9.59 Å². The summed E-state index contributed by atoms with van der Waals surface area (Å²) in [6.07, 6.45) is 12.1. The molecule has 3 heteroatoms. The van der Waals surface area contributed by atoms with Gasteiger partial charge in [-0.3, -0.25) is 9.59 Å². The van der Waals surface area contributed by atoms with Gasteiger partial charge in [-0.05, 0) is 19.3 Å². The summed E-state index contributed by atoms with van der Waals surface area (Å²) in [4.78, 5) is 23.2. The van der Waals surface area contributed by atoms with Crippen molar-refractivity contribution >= 4 is 11.7 Å². The second-order valence-electron chi connectivity index (χ2n) is 5.55. The smallest absolute Gasteiger partial charge is 0.222 e. The summed E-state index contributed by atoms with van der Waals surface area (Å²) >= 11 is 0. The molecule has 0 unspecified atom stereocenters. The van der Waals surface area contributed by atoms with E-state index in [-0.39, 0.29) is 5.91 Å². The van der Waals surface area contributed by atoms with Crippen LogP contribution in [-0.2, 0) is 9.59 Å². The lowest BCUT2D eigenvalue weighted by atomic mass is 10.00. The predicted octanol–water partition coefficient (Wildman–Crippen LogP) is 3.95. The normalized spacial score (nSPS) is 14.6. The van der Waals surface area contributed by atoms with Crippen molar-refractivity contribution in [2.75, 3.05) is 14.1 Å². The summed E-state index contributed by atoms with van der Waals surface area (Å²) in [7, 11) is 3.63. The van der Waals surface area contributed by atoms with Gasteiger partial charge in [0.15, 0.2) is 0 Å². The van der Waals surface area contributed by atoms with Crippen LogP contribution in [-0.4, -0.2) is 30.7 Å². The van der Waals surface area contributed by atoms with Gasteiger partial charge in [0.05, 0.1) is 0 Å². The van der Waals surface area contributed by atoms with Crippen LogP contribution in [0.5, 0.6) is 0 Å². The van der Waals surface area contributed by atoms with Crippen LogP contribution < -0.4 is 0 Å². The number of nitrogens with zero attached hydrogens (tertiary/aromatic N) is 1. The summed E-state index contributed by atoms with van der Waals surface area (Å²) in [5.41, 5.74) is 0. The van der Waals surface area contributed by atoms with Gasteiger partial charge in [0.2, 0.25) is 5.91 Å². The largest absolute Gasteiger partial charge is 0.349 e. The number of carbonyl (C=O) groups is 2. The number of rotatable bonds is 6. The third-order valence-corrected chi connectivity index (χ3v) is 3.40. The number of unbranched alkanes of at least 4 members (excludes halogenated alkanes) is 4. The zero-order chi connectivity index (χ0) is 14.5. The molecule has 19 heavy (non-hydrogen) atoms. The Morgan fingerprint density at radius 3 is 2.00 bits per heavy atom. The van der Waals surface area contributed by atoms with Gasteiger partial charge in [-0.15, -0.1) is 0 Å². The van der Waals surface area contributed by atoms with E-state index in [0.717, 1.165) is 38.5 Å². The minimum absolute atomic E-state index is 0.256. The van der Waals surface area contributed by atoms with Crippen molar-refractivity contribution in [2.45, 2.75) is 77.6 Å². The quantitative estimate of drug-likeness (QED) is 0.685. The minimum Gasteiger partial charge on any atom is -0.349 e. The molecule has 0 aromatic heterocycles. The highest BCUT2D eigenvalue weighted by Gasteiger charge is 2.06. The maximum absolute atomic E-state index is 11.1. The van der Waals surface area contributed by atoms with E-state index in [1.807, 2.05) is 14.1 Å². The molecule has 0 radical (unpaired) electrons. The molecule has 0 atom stereocenters. The van der Waals surface area contributed by atoms with Crippen LogP contribution in [0.4, 0.5) is 0 Å². The first-order valence-corrected chi connectivity index (χ1v) is 7.79. The maximum Gasteiger partial charge on any atom is 0.222 e. The molecule has 3 nitrogen and oxygen atoms in total. The topological polar surface area (TPSA) is 37.4 Å². The molecular weight excluding hydrogens is 238 g/mol. The molecule has 1 amide bonds.